The Morgan fingerprint density at radius 1 is 1.23 bits per heavy atom. The highest BCUT2D eigenvalue weighted by molar-refractivity contribution is 7.14. The Bertz CT molecular complexity index is 667. The first-order chi connectivity index (χ1) is 10.8. The molecule has 114 valence electrons. The van der Waals surface area contributed by atoms with Crippen LogP contribution in [-0.4, -0.2) is 10.9 Å². The molecule has 22 heavy (non-hydrogen) atoms. The molecular weight excluding hydrogens is 292 g/mol. The maximum Gasteiger partial charge on any atom is 0.226 e. The van der Waals surface area contributed by atoms with E-state index in [4.69, 9.17) is 0 Å². The predicted octanol–water partition coefficient (Wildman–Crippen LogP) is 4.57. The molecule has 2 fully saturated rings. The van der Waals surface area contributed by atoms with Gasteiger partial charge in [-0.15, -0.1) is 11.3 Å². The number of thiazole rings is 1. The lowest BCUT2D eigenvalue weighted by Crippen LogP contribution is -2.20. The van der Waals surface area contributed by atoms with Gasteiger partial charge in [0.2, 0.25) is 5.91 Å². The molecule has 4 heteroatoms. The minimum Gasteiger partial charge on any atom is -0.302 e. The minimum absolute atomic E-state index is 0.131. The first-order valence-corrected chi connectivity index (χ1v) is 8.96. The number of aromatic nitrogens is 1. The molecule has 2 aliphatic carbocycles. The van der Waals surface area contributed by atoms with Crippen LogP contribution in [0.5, 0.6) is 0 Å². The van der Waals surface area contributed by atoms with Gasteiger partial charge in [0.25, 0.3) is 0 Å². The number of anilines is 1. The van der Waals surface area contributed by atoms with Gasteiger partial charge in [-0.2, -0.15) is 0 Å². The van der Waals surface area contributed by atoms with Crippen LogP contribution in [0.1, 0.15) is 32.1 Å². The second kappa shape index (κ2) is 5.84. The molecule has 3 nitrogen and oxygen atoms in total. The van der Waals surface area contributed by atoms with Gasteiger partial charge in [-0.25, -0.2) is 4.98 Å². The van der Waals surface area contributed by atoms with Crippen molar-refractivity contribution in [2.24, 2.45) is 17.8 Å². The fraction of sp³-hybridized carbons (Fsp3) is 0.444. The smallest absolute Gasteiger partial charge is 0.226 e. The molecule has 4 rings (SSSR count). The van der Waals surface area contributed by atoms with Crippen molar-refractivity contribution in [3.63, 3.8) is 0 Å². The molecule has 0 spiro atoms. The molecule has 2 saturated carbocycles. The van der Waals surface area contributed by atoms with Crippen LogP contribution in [-0.2, 0) is 4.79 Å². The number of hydrogen-bond donors (Lipinski definition) is 1. The third-order valence-electron chi connectivity index (χ3n) is 5.15. The third-order valence-corrected chi connectivity index (χ3v) is 5.91. The molecule has 0 radical (unpaired) electrons. The number of nitrogens with zero attached hydrogens (tertiary/aromatic N) is 1. The number of hydrogen-bond acceptors (Lipinski definition) is 3. The van der Waals surface area contributed by atoms with Gasteiger partial charge in [0.15, 0.2) is 5.13 Å². The number of fused-ring (bicyclic) bond motifs is 2. The largest absolute Gasteiger partial charge is 0.302 e. The Labute approximate surface area is 134 Å². The van der Waals surface area contributed by atoms with E-state index in [2.05, 4.69) is 10.3 Å². The first-order valence-electron chi connectivity index (χ1n) is 8.09. The summed E-state index contributed by atoms with van der Waals surface area (Å²) in [6.07, 6.45) is 5.99. The van der Waals surface area contributed by atoms with Crippen molar-refractivity contribution in [3.8, 4) is 11.3 Å². The molecule has 0 aliphatic heterocycles. The van der Waals surface area contributed by atoms with E-state index in [1.165, 1.54) is 37.0 Å². The van der Waals surface area contributed by atoms with Crippen LogP contribution in [0.4, 0.5) is 5.13 Å². The van der Waals surface area contributed by atoms with E-state index in [1.807, 2.05) is 35.7 Å². The van der Waals surface area contributed by atoms with Gasteiger partial charge in [-0.3, -0.25) is 4.79 Å². The van der Waals surface area contributed by atoms with Crippen LogP contribution < -0.4 is 5.32 Å². The van der Waals surface area contributed by atoms with Crippen molar-refractivity contribution < 1.29 is 4.79 Å². The van der Waals surface area contributed by atoms with Crippen molar-refractivity contribution >= 4 is 22.4 Å². The summed E-state index contributed by atoms with van der Waals surface area (Å²) in [6, 6.07) is 10.1. The van der Waals surface area contributed by atoms with Crippen LogP contribution in [0, 0.1) is 17.8 Å². The molecule has 1 N–H and O–H groups in total. The van der Waals surface area contributed by atoms with Crippen LogP contribution in [0.3, 0.4) is 0 Å². The number of carbonyl (C=O) groups is 1. The van der Waals surface area contributed by atoms with E-state index in [9.17, 15) is 4.79 Å². The maximum absolute atomic E-state index is 12.2. The molecule has 0 unspecified atom stereocenters. The van der Waals surface area contributed by atoms with E-state index in [-0.39, 0.29) is 5.91 Å². The maximum atomic E-state index is 12.2. The standard InChI is InChI=1S/C18H20N2OS/c21-17(10-15-9-12-6-7-14(15)8-12)20-18-19-16(11-22-18)13-4-2-1-3-5-13/h1-5,11-12,14-15H,6-10H2,(H,19,20,21)/t12-,14+,15+/m0/s1. The third kappa shape index (κ3) is 2.80. The summed E-state index contributed by atoms with van der Waals surface area (Å²) in [7, 11) is 0. The lowest BCUT2D eigenvalue weighted by molar-refractivity contribution is -0.117. The number of nitrogens with one attached hydrogen (secondary N) is 1. The highest BCUT2D eigenvalue weighted by Gasteiger charge is 2.40. The Kier molecular flexibility index (Phi) is 3.70. The number of carbonyl (C=O) groups excluding carboxylic acids is 1. The van der Waals surface area contributed by atoms with E-state index in [0.717, 1.165) is 23.1 Å². The normalized spacial score (nSPS) is 26.3. The molecular formula is C18H20N2OS. The lowest BCUT2D eigenvalue weighted by Gasteiger charge is -2.20. The summed E-state index contributed by atoms with van der Waals surface area (Å²) in [4.78, 5) is 16.8. The van der Waals surface area contributed by atoms with Gasteiger partial charge in [-0.1, -0.05) is 36.8 Å². The molecule has 1 amide bonds. The number of amides is 1. The number of benzene rings is 1. The Morgan fingerprint density at radius 2 is 2.09 bits per heavy atom. The van der Waals surface area contributed by atoms with Crippen molar-refractivity contribution in [1.82, 2.24) is 4.98 Å². The van der Waals surface area contributed by atoms with Crippen molar-refractivity contribution in [2.45, 2.75) is 32.1 Å². The van der Waals surface area contributed by atoms with Crippen LogP contribution in [0.15, 0.2) is 35.7 Å². The van der Waals surface area contributed by atoms with E-state index >= 15 is 0 Å². The summed E-state index contributed by atoms with van der Waals surface area (Å²) in [5, 5.41) is 5.70. The highest BCUT2D eigenvalue weighted by Crippen LogP contribution is 2.49. The SMILES string of the molecule is O=C(C[C@H]1C[C@H]2CC[C@@H]1C2)Nc1nc(-c2ccccc2)cs1. The molecule has 2 aliphatic rings. The minimum atomic E-state index is 0.131. The van der Waals surface area contributed by atoms with Gasteiger partial charge in [0.1, 0.15) is 0 Å². The van der Waals surface area contributed by atoms with Gasteiger partial charge in [0, 0.05) is 17.4 Å². The second-order valence-electron chi connectivity index (χ2n) is 6.59. The molecule has 2 bridgehead atoms. The molecule has 3 atom stereocenters. The number of rotatable bonds is 4. The predicted molar refractivity (Wildman–Crippen MR) is 89.7 cm³/mol. The second-order valence-corrected chi connectivity index (χ2v) is 7.45. The van der Waals surface area contributed by atoms with E-state index in [1.54, 1.807) is 0 Å². The zero-order valence-corrected chi connectivity index (χ0v) is 13.3. The van der Waals surface area contributed by atoms with E-state index < -0.39 is 0 Å². The summed E-state index contributed by atoms with van der Waals surface area (Å²) >= 11 is 1.50. The fourth-order valence-electron chi connectivity index (χ4n) is 4.11. The van der Waals surface area contributed by atoms with Gasteiger partial charge >= 0.3 is 0 Å². The molecule has 1 aromatic heterocycles. The molecule has 2 aromatic rings. The fourth-order valence-corrected chi connectivity index (χ4v) is 4.84. The molecule has 1 heterocycles. The van der Waals surface area contributed by atoms with Crippen LogP contribution in [0.25, 0.3) is 11.3 Å². The van der Waals surface area contributed by atoms with E-state index in [0.29, 0.717) is 17.5 Å². The average molecular weight is 312 g/mol. The van der Waals surface area contributed by atoms with Crippen molar-refractivity contribution in [2.75, 3.05) is 5.32 Å². The summed E-state index contributed by atoms with van der Waals surface area (Å²) < 4.78 is 0. The Balaban J connectivity index is 1.37. The monoisotopic (exact) mass is 312 g/mol. The zero-order valence-electron chi connectivity index (χ0n) is 12.5. The van der Waals surface area contributed by atoms with Crippen molar-refractivity contribution in [1.29, 1.82) is 0 Å². The Hall–Kier alpha value is -1.68. The molecule has 0 saturated heterocycles. The molecule has 1 aromatic carbocycles. The van der Waals surface area contributed by atoms with Crippen molar-refractivity contribution in [3.05, 3.63) is 35.7 Å². The summed E-state index contributed by atoms with van der Waals surface area (Å²) in [6.45, 7) is 0. The average Bonchev–Trinajstić information content (AvgIpc) is 3.24. The topological polar surface area (TPSA) is 42.0 Å². The Morgan fingerprint density at radius 3 is 2.82 bits per heavy atom. The summed E-state index contributed by atoms with van der Waals surface area (Å²) in [5.74, 6) is 2.43. The summed E-state index contributed by atoms with van der Waals surface area (Å²) in [5.41, 5.74) is 2.02. The van der Waals surface area contributed by atoms with Crippen LogP contribution in [0.2, 0.25) is 0 Å². The van der Waals surface area contributed by atoms with Gasteiger partial charge in [-0.05, 0) is 37.0 Å². The zero-order chi connectivity index (χ0) is 14.9. The quantitative estimate of drug-likeness (QED) is 0.898. The first kappa shape index (κ1) is 13.9. The van der Waals surface area contributed by atoms with Gasteiger partial charge < -0.3 is 5.32 Å². The highest BCUT2D eigenvalue weighted by atomic mass is 32.1. The van der Waals surface area contributed by atoms with Crippen LogP contribution >= 0.6 is 11.3 Å². The lowest BCUT2D eigenvalue weighted by atomic mass is 9.86. The van der Waals surface area contributed by atoms with Gasteiger partial charge in [0.05, 0.1) is 5.69 Å².